The lowest BCUT2D eigenvalue weighted by molar-refractivity contribution is 0.649. The summed E-state index contributed by atoms with van der Waals surface area (Å²) in [5.41, 5.74) is 5.24. The molecular weight excluding hydrogens is 180 g/mol. The average molecular weight is 196 g/mol. The van der Waals surface area contributed by atoms with Crippen LogP contribution in [-0.2, 0) is 6.54 Å². The van der Waals surface area contributed by atoms with Crippen molar-refractivity contribution >= 4 is 5.82 Å². The van der Waals surface area contributed by atoms with Crippen LogP contribution in [0.1, 0.15) is 13.3 Å². The van der Waals surface area contributed by atoms with E-state index in [0.29, 0.717) is 18.9 Å². The van der Waals surface area contributed by atoms with Crippen molar-refractivity contribution < 1.29 is 0 Å². The van der Waals surface area contributed by atoms with Gasteiger partial charge in [0.2, 0.25) is 0 Å². The Hall–Kier alpha value is -1.36. The average Bonchev–Trinajstić information content (AvgIpc) is 2.20. The maximum Gasteiger partial charge on any atom is 0.293 e. The fourth-order valence-electron chi connectivity index (χ4n) is 1.18. The molecule has 0 atom stereocenters. The number of aryl methyl sites for hydroxylation is 1. The summed E-state index contributed by atoms with van der Waals surface area (Å²) in [6.07, 6.45) is 4.25. The van der Waals surface area contributed by atoms with Gasteiger partial charge in [-0.2, -0.15) is 0 Å². The summed E-state index contributed by atoms with van der Waals surface area (Å²) in [4.78, 5) is 15.6. The first-order chi connectivity index (χ1) is 6.79. The molecule has 1 aromatic rings. The number of rotatable bonds is 5. The molecule has 1 rings (SSSR count). The third-order valence-corrected chi connectivity index (χ3v) is 1.81. The summed E-state index contributed by atoms with van der Waals surface area (Å²) in [7, 11) is 0. The number of aromatic nitrogens is 2. The van der Waals surface area contributed by atoms with Gasteiger partial charge in [-0.1, -0.05) is 6.92 Å². The molecular formula is C9H16N4O. The van der Waals surface area contributed by atoms with E-state index >= 15 is 0 Å². The van der Waals surface area contributed by atoms with Crippen LogP contribution in [0.4, 0.5) is 5.82 Å². The Morgan fingerprint density at radius 2 is 2.43 bits per heavy atom. The van der Waals surface area contributed by atoms with Gasteiger partial charge in [0, 0.05) is 32.0 Å². The highest BCUT2D eigenvalue weighted by Crippen LogP contribution is 1.92. The Bertz CT molecular complexity index is 334. The van der Waals surface area contributed by atoms with Gasteiger partial charge in [-0.3, -0.25) is 4.79 Å². The van der Waals surface area contributed by atoms with Crippen LogP contribution >= 0.6 is 0 Å². The van der Waals surface area contributed by atoms with Crippen LogP contribution in [-0.4, -0.2) is 22.6 Å². The van der Waals surface area contributed by atoms with E-state index in [-0.39, 0.29) is 5.56 Å². The van der Waals surface area contributed by atoms with E-state index in [4.69, 9.17) is 5.73 Å². The van der Waals surface area contributed by atoms with E-state index in [9.17, 15) is 4.79 Å². The zero-order valence-corrected chi connectivity index (χ0v) is 8.36. The quantitative estimate of drug-likeness (QED) is 0.696. The SMILES string of the molecule is CCCn1ccnc(NCCN)c1=O. The molecule has 0 aliphatic carbocycles. The third-order valence-electron chi connectivity index (χ3n) is 1.81. The molecule has 0 fully saturated rings. The van der Waals surface area contributed by atoms with Gasteiger partial charge in [0.1, 0.15) is 0 Å². The lowest BCUT2D eigenvalue weighted by Gasteiger charge is -2.06. The molecule has 0 aromatic carbocycles. The Morgan fingerprint density at radius 1 is 1.64 bits per heavy atom. The van der Waals surface area contributed by atoms with Crippen LogP contribution in [0, 0.1) is 0 Å². The summed E-state index contributed by atoms with van der Waals surface area (Å²) in [6.45, 7) is 3.81. The second-order valence-electron chi connectivity index (χ2n) is 2.99. The van der Waals surface area contributed by atoms with Gasteiger partial charge in [0.25, 0.3) is 5.56 Å². The Morgan fingerprint density at radius 3 is 3.07 bits per heavy atom. The van der Waals surface area contributed by atoms with Crippen molar-refractivity contribution in [2.75, 3.05) is 18.4 Å². The fraction of sp³-hybridized carbons (Fsp3) is 0.556. The number of hydrogen-bond donors (Lipinski definition) is 2. The highest BCUT2D eigenvalue weighted by atomic mass is 16.1. The van der Waals surface area contributed by atoms with Crippen molar-refractivity contribution in [2.45, 2.75) is 19.9 Å². The zero-order chi connectivity index (χ0) is 10.4. The lowest BCUT2D eigenvalue weighted by atomic mass is 10.4. The number of nitrogens with zero attached hydrogens (tertiary/aromatic N) is 2. The van der Waals surface area contributed by atoms with E-state index in [0.717, 1.165) is 13.0 Å². The minimum absolute atomic E-state index is 0.0807. The normalized spacial score (nSPS) is 10.1. The van der Waals surface area contributed by atoms with E-state index < -0.39 is 0 Å². The van der Waals surface area contributed by atoms with Gasteiger partial charge in [0.05, 0.1) is 0 Å². The van der Waals surface area contributed by atoms with Crippen LogP contribution in [0.5, 0.6) is 0 Å². The van der Waals surface area contributed by atoms with Crippen molar-refractivity contribution in [1.29, 1.82) is 0 Å². The highest BCUT2D eigenvalue weighted by molar-refractivity contribution is 5.30. The fourth-order valence-corrected chi connectivity index (χ4v) is 1.18. The van der Waals surface area contributed by atoms with E-state index in [1.807, 2.05) is 6.92 Å². The summed E-state index contributed by atoms with van der Waals surface area (Å²) >= 11 is 0. The summed E-state index contributed by atoms with van der Waals surface area (Å²) in [5, 5.41) is 2.89. The second kappa shape index (κ2) is 5.39. The number of nitrogens with one attached hydrogen (secondary N) is 1. The van der Waals surface area contributed by atoms with E-state index in [1.165, 1.54) is 0 Å². The molecule has 1 aromatic heterocycles. The van der Waals surface area contributed by atoms with E-state index in [1.54, 1.807) is 17.0 Å². The predicted octanol–water partition coefficient (Wildman–Crippen LogP) is 0.0239. The number of anilines is 1. The molecule has 14 heavy (non-hydrogen) atoms. The summed E-state index contributed by atoms with van der Waals surface area (Å²) in [6, 6.07) is 0. The molecule has 3 N–H and O–H groups in total. The Kier molecular flexibility index (Phi) is 4.12. The molecule has 0 spiro atoms. The van der Waals surface area contributed by atoms with Crippen molar-refractivity contribution in [3.8, 4) is 0 Å². The molecule has 0 bridgehead atoms. The largest absolute Gasteiger partial charge is 0.364 e. The number of hydrogen-bond acceptors (Lipinski definition) is 4. The van der Waals surface area contributed by atoms with Crippen molar-refractivity contribution in [3.05, 3.63) is 22.7 Å². The first-order valence-corrected chi connectivity index (χ1v) is 4.79. The van der Waals surface area contributed by atoms with Crippen molar-refractivity contribution in [1.82, 2.24) is 9.55 Å². The zero-order valence-electron chi connectivity index (χ0n) is 8.36. The van der Waals surface area contributed by atoms with Gasteiger partial charge in [0.15, 0.2) is 5.82 Å². The first kappa shape index (κ1) is 10.7. The summed E-state index contributed by atoms with van der Waals surface area (Å²) in [5.74, 6) is 0.381. The second-order valence-corrected chi connectivity index (χ2v) is 2.99. The minimum Gasteiger partial charge on any atom is -0.364 e. The smallest absolute Gasteiger partial charge is 0.293 e. The van der Waals surface area contributed by atoms with Crippen LogP contribution in [0.2, 0.25) is 0 Å². The highest BCUT2D eigenvalue weighted by Gasteiger charge is 2.01. The molecule has 78 valence electrons. The molecule has 0 unspecified atom stereocenters. The van der Waals surface area contributed by atoms with Gasteiger partial charge in [-0.05, 0) is 6.42 Å². The van der Waals surface area contributed by atoms with Crippen LogP contribution in [0.15, 0.2) is 17.2 Å². The maximum atomic E-state index is 11.7. The van der Waals surface area contributed by atoms with E-state index in [2.05, 4.69) is 10.3 Å². The molecule has 1 heterocycles. The van der Waals surface area contributed by atoms with Gasteiger partial charge in [-0.15, -0.1) is 0 Å². The summed E-state index contributed by atoms with van der Waals surface area (Å²) < 4.78 is 1.64. The topological polar surface area (TPSA) is 72.9 Å². The molecule has 0 radical (unpaired) electrons. The molecule has 0 saturated carbocycles. The van der Waals surface area contributed by atoms with Gasteiger partial charge < -0.3 is 15.6 Å². The lowest BCUT2D eigenvalue weighted by Crippen LogP contribution is -2.26. The van der Waals surface area contributed by atoms with Crippen LogP contribution in [0.25, 0.3) is 0 Å². The molecule has 0 aliphatic heterocycles. The maximum absolute atomic E-state index is 11.7. The molecule has 0 saturated heterocycles. The van der Waals surface area contributed by atoms with Crippen LogP contribution in [0.3, 0.4) is 0 Å². The molecule has 5 heteroatoms. The number of nitrogens with two attached hydrogens (primary N) is 1. The Labute approximate surface area is 83.0 Å². The minimum atomic E-state index is -0.0807. The monoisotopic (exact) mass is 196 g/mol. The van der Waals surface area contributed by atoms with Crippen LogP contribution < -0.4 is 16.6 Å². The molecule has 0 amide bonds. The predicted molar refractivity (Wildman–Crippen MR) is 56.3 cm³/mol. The van der Waals surface area contributed by atoms with Crippen molar-refractivity contribution in [2.24, 2.45) is 5.73 Å². The Balaban J connectivity index is 2.84. The van der Waals surface area contributed by atoms with Gasteiger partial charge >= 0.3 is 0 Å². The van der Waals surface area contributed by atoms with Crippen molar-refractivity contribution in [3.63, 3.8) is 0 Å². The molecule has 5 nitrogen and oxygen atoms in total. The van der Waals surface area contributed by atoms with Gasteiger partial charge in [-0.25, -0.2) is 4.98 Å². The standard InChI is InChI=1S/C9H16N4O/c1-2-6-13-7-5-12-8(9(13)14)11-4-3-10/h5,7H,2-4,6,10H2,1H3,(H,11,12). The first-order valence-electron chi connectivity index (χ1n) is 4.79. The third kappa shape index (κ3) is 2.56. The molecule has 0 aliphatic rings.